The lowest BCUT2D eigenvalue weighted by molar-refractivity contribution is -0.137. The van der Waals surface area contributed by atoms with E-state index < -0.39 is 11.7 Å². The van der Waals surface area contributed by atoms with E-state index in [1.807, 2.05) is 0 Å². The molecule has 0 heterocycles. The van der Waals surface area contributed by atoms with Crippen LogP contribution in [0.5, 0.6) is 5.75 Å². The highest BCUT2D eigenvalue weighted by atomic mass is 19.4. The van der Waals surface area contributed by atoms with E-state index in [4.69, 9.17) is 4.74 Å². The predicted octanol–water partition coefficient (Wildman–Crippen LogP) is 4.01. The average Bonchev–Trinajstić information content (AvgIpc) is 2.44. The van der Waals surface area contributed by atoms with Crippen LogP contribution in [0, 0.1) is 0 Å². The van der Waals surface area contributed by atoms with Gasteiger partial charge >= 0.3 is 6.18 Å². The van der Waals surface area contributed by atoms with Gasteiger partial charge in [0.15, 0.2) is 0 Å². The summed E-state index contributed by atoms with van der Waals surface area (Å²) >= 11 is 0. The van der Waals surface area contributed by atoms with Crippen LogP contribution in [0.4, 0.5) is 13.2 Å². The van der Waals surface area contributed by atoms with Gasteiger partial charge in [0.2, 0.25) is 0 Å². The Balaban J connectivity index is 1.73. The lowest BCUT2D eigenvalue weighted by Gasteiger charge is -2.22. The number of ether oxygens (including phenoxy) is 1. The first-order valence-corrected chi connectivity index (χ1v) is 7.09. The third-order valence-electron chi connectivity index (χ3n) is 3.57. The highest BCUT2D eigenvalue weighted by Gasteiger charge is 2.30. The Hall–Kier alpha value is -1.23. The number of rotatable bonds is 5. The molecule has 0 spiro atoms. The fourth-order valence-corrected chi connectivity index (χ4v) is 2.50. The molecule has 0 aliphatic heterocycles. The molecule has 5 heteroatoms. The van der Waals surface area contributed by atoms with Crippen molar-refractivity contribution in [3.63, 3.8) is 0 Å². The number of alkyl halides is 3. The number of nitrogens with one attached hydrogen (secondary N) is 1. The maximum Gasteiger partial charge on any atom is 0.416 e. The standard InChI is InChI=1S/C15H20F3NO/c16-15(17,18)12-5-4-8-14(11-12)20-10-9-19-13-6-2-1-3-7-13/h4-5,8,11,13,19H,1-3,6-7,9-10H2. The molecule has 0 saturated heterocycles. The van der Waals surface area contributed by atoms with Crippen molar-refractivity contribution < 1.29 is 17.9 Å². The van der Waals surface area contributed by atoms with Crippen molar-refractivity contribution in [2.24, 2.45) is 0 Å². The molecule has 112 valence electrons. The van der Waals surface area contributed by atoms with E-state index in [1.165, 1.54) is 38.2 Å². The minimum Gasteiger partial charge on any atom is -0.492 e. The van der Waals surface area contributed by atoms with E-state index in [-0.39, 0.29) is 5.75 Å². The van der Waals surface area contributed by atoms with Gasteiger partial charge in [0.25, 0.3) is 0 Å². The van der Waals surface area contributed by atoms with Gasteiger partial charge in [-0.05, 0) is 31.0 Å². The SMILES string of the molecule is FC(F)(F)c1cccc(OCCNC2CCCCC2)c1. The average molecular weight is 287 g/mol. The Kier molecular flexibility index (Phi) is 5.29. The van der Waals surface area contributed by atoms with Crippen molar-refractivity contribution >= 4 is 0 Å². The summed E-state index contributed by atoms with van der Waals surface area (Å²) < 4.78 is 43.0. The second-order valence-electron chi connectivity index (χ2n) is 5.16. The summed E-state index contributed by atoms with van der Waals surface area (Å²) in [5.74, 6) is 0.269. The van der Waals surface area contributed by atoms with Gasteiger partial charge in [0.1, 0.15) is 12.4 Å². The summed E-state index contributed by atoms with van der Waals surface area (Å²) in [6.45, 7) is 1.05. The molecule has 1 fully saturated rings. The van der Waals surface area contributed by atoms with Crippen molar-refractivity contribution in [2.45, 2.75) is 44.3 Å². The van der Waals surface area contributed by atoms with E-state index in [0.717, 1.165) is 12.1 Å². The molecule has 0 radical (unpaired) electrons. The van der Waals surface area contributed by atoms with E-state index >= 15 is 0 Å². The topological polar surface area (TPSA) is 21.3 Å². The smallest absolute Gasteiger partial charge is 0.416 e. The molecule has 1 aromatic carbocycles. The van der Waals surface area contributed by atoms with Crippen molar-refractivity contribution in [2.75, 3.05) is 13.2 Å². The first-order chi connectivity index (χ1) is 9.55. The molecule has 0 aromatic heterocycles. The quantitative estimate of drug-likeness (QED) is 0.826. The fourth-order valence-electron chi connectivity index (χ4n) is 2.50. The number of halogens is 3. The third kappa shape index (κ3) is 4.71. The molecule has 1 aromatic rings. The van der Waals surface area contributed by atoms with Crippen LogP contribution >= 0.6 is 0 Å². The molecule has 0 bridgehead atoms. The third-order valence-corrected chi connectivity index (χ3v) is 3.57. The van der Waals surface area contributed by atoms with Crippen LogP contribution < -0.4 is 10.1 Å². The maximum absolute atomic E-state index is 12.5. The molecule has 2 nitrogen and oxygen atoms in total. The monoisotopic (exact) mass is 287 g/mol. The van der Waals surface area contributed by atoms with Gasteiger partial charge in [-0.3, -0.25) is 0 Å². The Bertz CT molecular complexity index is 414. The van der Waals surface area contributed by atoms with E-state index in [9.17, 15) is 13.2 Å². The molecule has 2 rings (SSSR count). The van der Waals surface area contributed by atoms with Gasteiger partial charge in [-0.15, -0.1) is 0 Å². The minimum absolute atomic E-state index is 0.269. The Morgan fingerprint density at radius 2 is 1.90 bits per heavy atom. The van der Waals surface area contributed by atoms with Gasteiger partial charge in [0, 0.05) is 12.6 Å². The van der Waals surface area contributed by atoms with Gasteiger partial charge < -0.3 is 10.1 Å². The minimum atomic E-state index is -4.32. The van der Waals surface area contributed by atoms with Crippen molar-refractivity contribution in [1.29, 1.82) is 0 Å². The molecule has 1 saturated carbocycles. The van der Waals surface area contributed by atoms with Crippen LogP contribution in [0.15, 0.2) is 24.3 Å². The summed E-state index contributed by atoms with van der Waals surface area (Å²) in [5.41, 5.74) is -0.671. The number of hydrogen-bond donors (Lipinski definition) is 1. The Morgan fingerprint density at radius 3 is 2.60 bits per heavy atom. The van der Waals surface area contributed by atoms with Crippen molar-refractivity contribution in [3.8, 4) is 5.75 Å². The van der Waals surface area contributed by atoms with E-state index in [0.29, 0.717) is 19.2 Å². The zero-order valence-corrected chi connectivity index (χ0v) is 11.4. The second-order valence-corrected chi connectivity index (χ2v) is 5.16. The van der Waals surface area contributed by atoms with Crippen LogP contribution in [0.1, 0.15) is 37.7 Å². The molecular formula is C15H20F3NO. The molecular weight excluding hydrogens is 267 g/mol. The highest BCUT2D eigenvalue weighted by molar-refractivity contribution is 5.30. The molecule has 1 N–H and O–H groups in total. The lowest BCUT2D eigenvalue weighted by atomic mass is 9.96. The molecule has 0 amide bonds. The Morgan fingerprint density at radius 1 is 1.15 bits per heavy atom. The Labute approximate surface area is 117 Å². The van der Waals surface area contributed by atoms with Gasteiger partial charge in [0.05, 0.1) is 5.56 Å². The number of benzene rings is 1. The molecule has 0 atom stereocenters. The normalized spacial score (nSPS) is 17.1. The van der Waals surface area contributed by atoms with Crippen LogP contribution in [0.25, 0.3) is 0 Å². The second kappa shape index (κ2) is 6.97. The first kappa shape index (κ1) is 15.2. The van der Waals surface area contributed by atoms with Crippen LogP contribution in [0.3, 0.4) is 0 Å². The predicted molar refractivity (Wildman–Crippen MR) is 71.8 cm³/mol. The summed E-state index contributed by atoms with van der Waals surface area (Å²) in [6, 6.07) is 5.55. The molecule has 20 heavy (non-hydrogen) atoms. The largest absolute Gasteiger partial charge is 0.492 e. The van der Waals surface area contributed by atoms with Crippen molar-refractivity contribution in [3.05, 3.63) is 29.8 Å². The molecule has 0 unspecified atom stereocenters. The number of hydrogen-bond acceptors (Lipinski definition) is 2. The van der Waals surface area contributed by atoms with Gasteiger partial charge in [-0.2, -0.15) is 13.2 Å². The van der Waals surface area contributed by atoms with E-state index in [1.54, 1.807) is 6.07 Å². The zero-order chi connectivity index (χ0) is 14.4. The summed E-state index contributed by atoms with van der Waals surface area (Å²) in [6.07, 6.45) is 1.87. The highest BCUT2D eigenvalue weighted by Crippen LogP contribution is 2.31. The van der Waals surface area contributed by atoms with Crippen LogP contribution in [-0.4, -0.2) is 19.2 Å². The zero-order valence-electron chi connectivity index (χ0n) is 11.4. The van der Waals surface area contributed by atoms with Crippen molar-refractivity contribution in [1.82, 2.24) is 5.32 Å². The first-order valence-electron chi connectivity index (χ1n) is 7.09. The van der Waals surface area contributed by atoms with Crippen LogP contribution in [0.2, 0.25) is 0 Å². The fraction of sp³-hybridized carbons (Fsp3) is 0.600. The molecule has 1 aliphatic rings. The van der Waals surface area contributed by atoms with Gasteiger partial charge in [-0.25, -0.2) is 0 Å². The van der Waals surface area contributed by atoms with E-state index in [2.05, 4.69) is 5.32 Å². The summed E-state index contributed by atoms with van der Waals surface area (Å²) in [7, 11) is 0. The van der Waals surface area contributed by atoms with Gasteiger partial charge in [-0.1, -0.05) is 25.3 Å². The molecule has 1 aliphatic carbocycles. The summed E-state index contributed by atoms with van der Waals surface area (Å²) in [5, 5.41) is 3.39. The maximum atomic E-state index is 12.5. The lowest BCUT2D eigenvalue weighted by Crippen LogP contribution is -2.34. The van der Waals surface area contributed by atoms with Crippen LogP contribution in [-0.2, 0) is 6.18 Å². The summed E-state index contributed by atoms with van der Waals surface area (Å²) in [4.78, 5) is 0.